The zero-order valence-corrected chi connectivity index (χ0v) is 18.3. The van der Waals surface area contributed by atoms with E-state index in [4.69, 9.17) is 4.74 Å². The molecule has 1 aliphatic heterocycles. The van der Waals surface area contributed by atoms with Crippen molar-refractivity contribution in [1.29, 1.82) is 0 Å². The minimum absolute atomic E-state index is 0.0297. The Morgan fingerprint density at radius 3 is 2.64 bits per heavy atom. The number of imide groups is 1. The molecule has 1 fully saturated rings. The van der Waals surface area contributed by atoms with Crippen LogP contribution in [0.4, 0.5) is 13.2 Å². The van der Waals surface area contributed by atoms with E-state index < -0.39 is 22.9 Å². The smallest absolute Gasteiger partial charge is 0.416 e. The number of benzene rings is 1. The first-order valence-electron chi connectivity index (χ1n) is 9.99. The summed E-state index contributed by atoms with van der Waals surface area (Å²) >= 11 is -1.69. The Kier molecular flexibility index (Phi) is 6.30. The van der Waals surface area contributed by atoms with E-state index in [2.05, 4.69) is 15.0 Å². The number of nitrogens with one attached hydrogen (secondary N) is 1. The minimum Gasteiger partial charge on any atom is -0.609 e. The maximum Gasteiger partial charge on any atom is 0.416 e. The van der Waals surface area contributed by atoms with Crippen molar-refractivity contribution in [3.8, 4) is 5.75 Å². The molecule has 0 spiro atoms. The number of H-pyrrole nitrogens is 1. The fourth-order valence-corrected chi connectivity index (χ4v) is 4.54. The summed E-state index contributed by atoms with van der Waals surface area (Å²) in [7, 11) is 0. The molecule has 1 atom stereocenters. The van der Waals surface area contributed by atoms with Crippen LogP contribution in [-0.4, -0.2) is 49.4 Å². The number of nitrogens with zero attached hydrogens (tertiary/aromatic N) is 3. The molecule has 2 aromatic heterocycles. The lowest BCUT2D eigenvalue weighted by molar-refractivity contribution is -0.139. The summed E-state index contributed by atoms with van der Waals surface area (Å²) in [6.45, 7) is 1.98. The maximum atomic E-state index is 12.9. The van der Waals surface area contributed by atoms with Crippen molar-refractivity contribution in [1.82, 2.24) is 19.9 Å². The molecule has 1 unspecified atom stereocenters. The molecule has 0 saturated carbocycles. The molecule has 12 heteroatoms. The van der Waals surface area contributed by atoms with Gasteiger partial charge in [-0.2, -0.15) is 18.2 Å². The van der Waals surface area contributed by atoms with E-state index in [1.54, 1.807) is 13.0 Å². The number of rotatable bonds is 7. The van der Waals surface area contributed by atoms with Gasteiger partial charge in [-0.1, -0.05) is 0 Å². The van der Waals surface area contributed by atoms with Gasteiger partial charge in [-0.3, -0.25) is 24.5 Å². The van der Waals surface area contributed by atoms with Crippen molar-refractivity contribution < 1.29 is 32.0 Å². The van der Waals surface area contributed by atoms with Crippen molar-refractivity contribution in [3.63, 3.8) is 0 Å². The number of amides is 2. The van der Waals surface area contributed by atoms with Crippen molar-refractivity contribution >= 4 is 34.0 Å². The number of pyridine rings is 1. The molecule has 174 valence electrons. The van der Waals surface area contributed by atoms with Gasteiger partial charge in [0.25, 0.3) is 0 Å². The summed E-state index contributed by atoms with van der Waals surface area (Å²) in [5, 5.41) is 0.0444. The number of hydrogen-bond donors (Lipinski definition) is 1. The van der Waals surface area contributed by atoms with E-state index in [1.807, 2.05) is 0 Å². The quantitative estimate of drug-likeness (QED) is 0.411. The monoisotopic (exact) mass is 480 g/mol. The largest absolute Gasteiger partial charge is 0.609 e. The standard InChI is InChI=1S/C21H19F3N4O4S/c1-12-16(25-7-6-17(12)32-9-8-28-18(29)4-5-19(28)30)11-33(31)20-26-14-3-2-13(21(22,23)24)10-15(14)27-20/h2-3,6-7,10H,4-5,8-9,11H2,1H3,(H,26,27). The summed E-state index contributed by atoms with van der Waals surface area (Å²) in [5.41, 5.74) is 0.676. The number of alkyl halides is 3. The number of likely N-dealkylation sites (tertiary alicyclic amines) is 1. The van der Waals surface area contributed by atoms with Crippen LogP contribution in [0, 0.1) is 6.92 Å². The molecular weight excluding hydrogens is 461 g/mol. The number of carbonyl (C=O) groups excluding carboxylic acids is 2. The Balaban J connectivity index is 1.44. The van der Waals surface area contributed by atoms with Gasteiger partial charge in [0, 0.05) is 35.8 Å². The first-order valence-corrected chi connectivity index (χ1v) is 11.3. The summed E-state index contributed by atoms with van der Waals surface area (Å²) in [6.07, 6.45) is -2.59. The highest BCUT2D eigenvalue weighted by atomic mass is 32.2. The molecule has 0 radical (unpaired) electrons. The second kappa shape index (κ2) is 9.02. The van der Waals surface area contributed by atoms with Gasteiger partial charge in [-0.05, 0) is 31.2 Å². The molecule has 3 aromatic rings. The average molecular weight is 480 g/mol. The molecule has 8 nitrogen and oxygen atoms in total. The third-order valence-corrected chi connectivity index (χ3v) is 6.42. The molecule has 1 N–H and O–H groups in total. The van der Waals surface area contributed by atoms with Crippen molar-refractivity contribution in [2.45, 2.75) is 36.9 Å². The third kappa shape index (κ3) is 4.96. The van der Waals surface area contributed by atoms with Crippen LogP contribution in [0.1, 0.15) is 29.7 Å². The van der Waals surface area contributed by atoms with E-state index in [1.165, 1.54) is 12.3 Å². The first kappa shape index (κ1) is 23.1. The predicted octanol–water partition coefficient (Wildman–Crippen LogP) is 3.12. The van der Waals surface area contributed by atoms with Crippen LogP contribution in [-0.2, 0) is 32.7 Å². The van der Waals surface area contributed by atoms with Gasteiger partial charge < -0.3 is 9.29 Å². The lowest BCUT2D eigenvalue weighted by atomic mass is 10.2. The Bertz CT molecular complexity index is 1200. The van der Waals surface area contributed by atoms with Gasteiger partial charge in [0.1, 0.15) is 12.4 Å². The Hall–Kier alpha value is -3.12. The van der Waals surface area contributed by atoms with Gasteiger partial charge in [-0.25, -0.2) is 0 Å². The predicted molar refractivity (Wildman–Crippen MR) is 112 cm³/mol. The lowest BCUT2D eigenvalue weighted by Crippen LogP contribution is -2.33. The topological polar surface area (TPSA) is 111 Å². The van der Waals surface area contributed by atoms with Crippen molar-refractivity contribution in [2.24, 2.45) is 0 Å². The second-order valence-corrected chi connectivity index (χ2v) is 8.80. The third-order valence-electron chi connectivity index (χ3n) is 5.26. The van der Waals surface area contributed by atoms with Gasteiger partial charge in [0.05, 0.1) is 28.8 Å². The molecule has 1 aliphatic rings. The zero-order chi connectivity index (χ0) is 23.8. The second-order valence-electron chi connectivity index (χ2n) is 7.43. The van der Waals surface area contributed by atoms with Gasteiger partial charge in [-0.15, -0.1) is 0 Å². The van der Waals surface area contributed by atoms with Crippen molar-refractivity contribution in [2.75, 3.05) is 13.2 Å². The fourth-order valence-electron chi connectivity index (χ4n) is 3.44. The number of ether oxygens (including phenoxy) is 1. The minimum atomic E-state index is -4.50. The van der Waals surface area contributed by atoms with Gasteiger partial charge in [0.2, 0.25) is 11.8 Å². The van der Waals surface area contributed by atoms with E-state index in [9.17, 15) is 27.3 Å². The molecule has 0 aliphatic carbocycles. The molecule has 33 heavy (non-hydrogen) atoms. The highest BCUT2D eigenvalue weighted by Gasteiger charge is 2.31. The molecule has 4 rings (SSSR count). The normalized spacial score (nSPS) is 15.5. The Labute approximate surface area is 189 Å². The average Bonchev–Trinajstić information content (AvgIpc) is 3.33. The lowest BCUT2D eigenvalue weighted by Gasteiger charge is -2.16. The van der Waals surface area contributed by atoms with E-state index in [0.717, 1.165) is 17.0 Å². The van der Waals surface area contributed by atoms with Crippen LogP contribution < -0.4 is 4.74 Å². The SMILES string of the molecule is Cc1c(OCCN2C(=O)CCC2=O)ccnc1C[S+]([O-])c1nc2cc(C(F)(F)F)ccc2[nH]1. The van der Waals surface area contributed by atoms with Crippen LogP contribution >= 0.6 is 0 Å². The molecule has 1 saturated heterocycles. The van der Waals surface area contributed by atoms with Crippen molar-refractivity contribution in [3.05, 3.63) is 47.3 Å². The number of aromatic amines is 1. The highest BCUT2D eigenvalue weighted by Crippen LogP contribution is 2.31. The number of imidazole rings is 1. The van der Waals surface area contributed by atoms with E-state index in [0.29, 0.717) is 22.5 Å². The van der Waals surface area contributed by atoms with Gasteiger partial charge >= 0.3 is 11.3 Å². The van der Waals surface area contributed by atoms with E-state index in [-0.39, 0.29) is 54.2 Å². The Morgan fingerprint density at radius 1 is 1.21 bits per heavy atom. The number of aromatic nitrogens is 3. The number of hydrogen-bond acceptors (Lipinski definition) is 6. The maximum absolute atomic E-state index is 12.9. The molecule has 0 bridgehead atoms. The van der Waals surface area contributed by atoms with Crippen LogP contribution in [0.15, 0.2) is 35.6 Å². The first-order chi connectivity index (χ1) is 15.6. The highest BCUT2D eigenvalue weighted by molar-refractivity contribution is 7.90. The summed E-state index contributed by atoms with van der Waals surface area (Å²) in [6, 6.07) is 4.71. The number of fused-ring (bicyclic) bond motifs is 1. The molecule has 2 amide bonds. The molecule has 1 aromatic carbocycles. The molecule has 3 heterocycles. The van der Waals surface area contributed by atoms with Crippen LogP contribution in [0.5, 0.6) is 5.75 Å². The number of halogens is 3. The fraction of sp³-hybridized carbons (Fsp3) is 0.333. The summed E-state index contributed by atoms with van der Waals surface area (Å²) < 4.78 is 57.3. The van der Waals surface area contributed by atoms with Gasteiger partial charge in [0.15, 0.2) is 5.75 Å². The van der Waals surface area contributed by atoms with Crippen LogP contribution in [0.25, 0.3) is 11.0 Å². The number of carbonyl (C=O) groups is 2. The summed E-state index contributed by atoms with van der Waals surface area (Å²) in [5.74, 6) is -0.00730. The van der Waals surface area contributed by atoms with E-state index >= 15 is 0 Å². The van der Waals surface area contributed by atoms with Crippen LogP contribution in [0.3, 0.4) is 0 Å². The zero-order valence-electron chi connectivity index (χ0n) is 17.4. The van der Waals surface area contributed by atoms with Crippen LogP contribution in [0.2, 0.25) is 0 Å². The molecular formula is C21H19F3N4O4S. The Morgan fingerprint density at radius 2 is 1.94 bits per heavy atom. The summed E-state index contributed by atoms with van der Waals surface area (Å²) in [4.78, 5) is 35.6.